The summed E-state index contributed by atoms with van der Waals surface area (Å²) in [4.78, 5) is 21.9. The molecule has 0 aliphatic heterocycles. The predicted octanol–water partition coefficient (Wildman–Crippen LogP) is 0.999. The van der Waals surface area contributed by atoms with Crippen molar-refractivity contribution < 1.29 is 19.4 Å². The normalized spacial score (nSPS) is 11.6. The zero-order chi connectivity index (χ0) is 12.8. The maximum Gasteiger partial charge on any atom is 0.322 e. The summed E-state index contributed by atoms with van der Waals surface area (Å²) >= 11 is 0. The molecule has 5 heteroatoms. The lowest BCUT2D eigenvalue weighted by molar-refractivity contribution is -0.138. The monoisotopic (exact) mass is 237 g/mol. The van der Waals surface area contributed by atoms with Gasteiger partial charge in [0.1, 0.15) is 12.3 Å². The predicted molar refractivity (Wildman–Crippen MR) is 62.1 cm³/mol. The fourth-order valence-corrected chi connectivity index (χ4v) is 1.36. The topological polar surface area (TPSA) is 75.6 Å². The Hall–Kier alpha value is -2.04. The molecule has 92 valence electrons. The summed E-state index contributed by atoms with van der Waals surface area (Å²) in [6, 6.07) is 7.08. The van der Waals surface area contributed by atoms with Gasteiger partial charge in [-0.25, -0.2) is 0 Å². The third kappa shape index (κ3) is 3.79. The molecule has 0 spiro atoms. The van der Waals surface area contributed by atoms with Crippen molar-refractivity contribution in [3.05, 3.63) is 29.8 Å². The van der Waals surface area contributed by atoms with E-state index in [1.165, 1.54) is 0 Å². The SMILES string of the molecule is COc1ccc(C(C)C(=O)NCC(=O)O)cc1. The molecule has 1 rings (SSSR count). The van der Waals surface area contributed by atoms with Gasteiger partial charge in [0.05, 0.1) is 13.0 Å². The molecule has 1 amide bonds. The van der Waals surface area contributed by atoms with E-state index in [2.05, 4.69) is 5.32 Å². The maximum absolute atomic E-state index is 11.6. The van der Waals surface area contributed by atoms with Crippen LogP contribution < -0.4 is 10.1 Å². The van der Waals surface area contributed by atoms with Gasteiger partial charge in [-0.3, -0.25) is 9.59 Å². The first-order valence-corrected chi connectivity index (χ1v) is 5.18. The molecular formula is C12H15NO4. The highest BCUT2D eigenvalue weighted by molar-refractivity contribution is 5.86. The molecule has 2 N–H and O–H groups in total. The number of carbonyl (C=O) groups is 2. The van der Waals surface area contributed by atoms with Crippen molar-refractivity contribution in [2.45, 2.75) is 12.8 Å². The minimum Gasteiger partial charge on any atom is -0.497 e. The number of carboxylic acid groups (broad SMARTS) is 1. The molecule has 0 saturated carbocycles. The molecule has 0 aromatic heterocycles. The van der Waals surface area contributed by atoms with E-state index < -0.39 is 5.97 Å². The zero-order valence-corrected chi connectivity index (χ0v) is 9.77. The molecule has 0 heterocycles. The minimum absolute atomic E-state index is 0.308. The second-order valence-corrected chi connectivity index (χ2v) is 3.61. The Morgan fingerprint density at radius 3 is 2.41 bits per heavy atom. The highest BCUT2D eigenvalue weighted by Gasteiger charge is 2.15. The van der Waals surface area contributed by atoms with Crippen LogP contribution in [0.3, 0.4) is 0 Å². The Balaban J connectivity index is 2.64. The molecule has 0 saturated heterocycles. The van der Waals surface area contributed by atoms with E-state index in [9.17, 15) is 9.59 Å². The molecule has 0 aliphatic carbocycles. The number of rotatable bonds is 5. The van der Waals surface area contributed by atoms with Gasteiger partial charge in [0.2, 0.25) is 5.91 Å². The van der Waals surface area contributed by atoms with Crippen molar-refractivity contribution in [2.75, 3.05) is 13.7 Å². The number of hydrogen-bond donors (Lipinski definition) is 2. The summed E-state index contributed by atoms with van der Waals surface area (Å²) < 4.78 is 5.01. The van der Waals surface area contributed by atoms with Gasteiger partial charge in [-0.15, -0.1) is 0 Å². The van der Waals surface area contributed by atoms with Crippen LogP contribution in [0.15, 0.2) is 24.3 Å². The molecule has 1 aromatic rings. The largest absolute Gasteiger partial charge is 0.497 e. The lowest BCUT2D eigenvalue weighted by atomic mass is 10.0. The van der Waals surface area contributed by atoms with Crippen molar-refractivity contribution >= 4 is 11.9 Å². The summed E-state index contributed by atoms with van der Waals surface area (Å²) in [6.07, 6.45) is 0. The molecule has 0 aliphatic rings. The van der Waals surface area contributed by atoms with Crippen LogP contribution in [0, 0.1) is 0 Å². The van der Waals surface area contributed by atoms with Gasteiger partial charge in [0.25, 0.3) is 0 Å². The van der Waals surface area contributed by atoms with Gasteiger partial charge < -0.3 is 15.2 Å². The summed E-state index contributed by atoms with van der Waals surface area (Å²) in [5.41, 5.74) is 0.814. The summed E-state index contributed by atoms with van der Waals surface area (Å²) in [7, 11) is 1.57. The van der Waals surface area contributed by atoms with Gasteiger partial charge in [-0.05, 0) is 24.6 Å². The average molecular weight is 237 g/mol. The number of nitrogens with one attached hydrogen (secondary N) is 1. The number of hydrogen-bond acceptors (Lipinski definition) is 3. The molecular weight excluding hydrogens is 222 g/mol. The van der Waals surface area contributed by atoms with E-state index in [0.717, 1.165) is 5.56 Å². The van der Waals surface area contributed by atoms with Crippen molar-refractivity contribution in [3.63, 3.8) is 0 Å². The third-order valence-electron chi connectivity index (χ3n) is 2.42. The van der Waals surface area contributed by atoms with E-state index in [1.54, 1.807) is 38.3 Å². The lowest BCUT2D eigenvalue weighted by Crippen LogP contribution is -2.32. The molecule has 5 nitrogen and oxygen atoms in total. The number of methoxy groups -OCH3 is 1. The van der Waals surface area contributed by atoms with Gasteiger partial charge in [0.15, 0.2) is 0 Å². The van der Waals surface area contributed by atoms with E-state index in [-0.39, 0.29) is 18.4 Å². The molecule has 0 fully saturated rings. The fourth-order valence-electron chi connectivity index (χ4n) is 1.36. The Morgan fingerprint density at radius 2 is 1.94 bits per heavy atom. The molecule has 1 unspecified atom stereocenters. The van der Waals surface area contributed by atoms with Crippen LogP contribution in [0.4, 0.5) is 0 Å². The lowest BCUT2D eigenvalue weighted by Gasteiger charge is -2.11. The smallest absolute Gasteiger partial charge is 0.322 e. The van der Waals surface area contributed by atoms with E-state index in [4.69, 9.17) is 9.84 Å². The quantitative estimate of drug-likeness (QED) is 0.801. The van der Waals surface area contributed by atoms with Gasteiger partial charge in [-0.2, -0.15) is 0 Å². The Kier molecular flexibility index (Phi) is 4.51. The van der Waals surface area contributed by atoms with E-state index >= 15 is 0 Å². The zero-order valence-electron chi connectivity index (χ0n) is 9.77. The van der Waals surface area contributed by atoms with Crippen LogP contribution in [-0.4, -0.2) is 30.6 Å². The van der Waals surface area contributed by atoms with Crippen LogP contribution in [0.25, 0.3) is 0 Å². The first kappa shape index (κ1) is 13.0. The van der Waals surface area contributed by atoms with Crippen molar-refractivity contribution in [3.8, 4) is 5.75 Å². The van der Waals surface area contributed by atoms with E-state index in [1.807, 2.05) is 0 Å². The molecule has 1 atom stereocenters. The van der Waals surface area contributed by atoms with Crippen molar-refractivity contribution in [2.24, 2.45) is 0 Å². The Labute approximate surface area is 99.4 Å². The highest BCUT2D eigenvalue weighted by atomic mass is 16.5. The van der Waals surface area contributed by atoms with Gasteiger partial charge in [0, 0.05) is 0 Å². The molecule has 1 aromatic carbocycles. The van der Waals surface area contributed by atoms with Crippen LogP contribution in [0.5, 0.6) is 5.75 Å². The van der Waals surface area contributed by atoms with E-state index in [0.29, 0.717) is 5.75 Å². The van der Waals surface area contributed by atoms with Crippen LogP contribution in [0.1, 0.15) is 18.4 Å². The number of carbonyl (C=O) groups excluding carboxylic acids is 1. The summed E-state index contributed by atoms with van der Waals surface area (Å²) in [6.45, 7) is 1.36. The van der Waals surface area contributed by atoms with Crippen molar-refractivity contribution in [1.82, 2.24) is 5.32 Å². The number of aliphatic carboxylic acids is 1. The second kappa shape index (κ2) is 5.89. The molecule has 0 radical (unpaired) electrons. The standard InChI is InChI=1S/C12H15NO4/c1-8(12(16)13-7-11(14)15)9-3-5-10(17-2)6-4-9/h3-6,8H,7H2,1-2H3,(H,13,16)(H,14,15). The molecule has 0 bridgehead atoms. The number of carboxylic acids is 1. The number of amides is 1. The van der Waals surface area contributed by atoms with Crippen LogP contribution >= 0.6 is 0 Å². The molecule has 17 heavy (non-hydrogen) atoms. The fraction of sp³-hybridized carbons (Fsp3) is 0.333. The number of ether oxygens (including phenoxy) is 1. The Morgan fingerprint density at radius 1 is 1.35 bits per heavy atom. The average Bonchev–Trinajstić information content (AvgIpc) is 2.35. The first-order chi connectivity index (χ1) is 8.04. The third-order valence-corrected chi connectivity index (χ3v) is 2.42. The van der Waals surface area contributed by atoms with Gasteiger partial charge >= 0.3 is 5.97 Å². The van der Waals surface area contributed by atoms with Crippen LogP contribution in [-0.2, 0) is 9.59 Å². The number of benzene rings is 1. The Bertz CT molecular complexity index is 399. The van der Waals surface area contributed by atoms with Crippen molar-refractivity contribution in [1.29, 1.82) is 0 Å². The highest BCUT2D eigenvalue weighted by Crippen LogP contribution is 2.19. The first-order valence-electron chi connectivity index (χ1n) is 5.18. The van der Waals surface area contributed by atoms with Gasteiger partial charge in [-0.1, -0.05) is 12.1 Å². The minimum atomic E-state index is -1.06. The summed E-state index contributed by atoms with van der Waals surface area (Å²) in [5.74, 6) is -1.04. The van der Waals surface area contributed by atoms with Crippen LogP contribution in [0.2, 0.25) is 0 Å². The maximum atomic E-state index is 11.6. The second-order valence-electron chi connectivity index (χ2n) is 3.61. The summed E-state index contributed by atoms with van der Waals surface area (Å²) in [5, 5.41) is 10.8.